The van der Waals surface area contributed by atoms with E-state index in [0.29, 0.717) is 24.7 Å². The average Bonchev–Trinajstić information content (AvgIpc) is 2.54. The fraction of sp³-hybridized carbons (Fsp3) is 0.400. The van der Waals surface area contributed by atoms with E-state index in [-0.39, 0.29) is 0 Å². The number of piperazine rings is 1. The second kappa shape index (κ2) is 6.02. The van der Waals surface area contributed by atoms with Gasteiger partial charge in [-0.1, -0.05) is 0 Å². The highest BCUT2D eigenvalue weighted by atomic mass is 19.4. The number of anilines is 2. The van der Waals surface area contributed by atoms with Crippen LogP contribution in [0.15, 0.2) is 30.6 Å². The van der Waals surface area contributed by atoms with Crippen molar-refractivity contribution < 1.29 is 13.2 Å². The molecule has 2 aromatic heterocycles. The van der Waals surface area contributed by atoms with Crippen molar-refractivity contribution in [3.8, 4) is 0 Å². The van der Waals surface area contributed by atoms with Crippen molar-refractivity contribution in [3.05, 3.63) is 42.0 Å². The maximum atomic E-state index is 12.6. The van der Waals surface area contributed by atoms with E-state index < -0.39 is 11.7 Å². The van der Waals surface area contributed by atoms with Crippen molar-refractivity contribution >= 4 is 11.6 Å². The number of hydrogen-bond acceptors (Lipinski definition) is 5. The molecule has 1 aliphatic heterocycles. The molecule has 5 nitrogen and oxygen atoms in total. The molecule has 3 heterocycles. The highest BCUT2D eigenvalue weighted by molar-refractivity contribution is 5.45. The van der Waals surface area contributed by atoms with Crippen LogP contribution in [0.25, 0.3) is 0 Å². The minimum atomic E-state index is -4.35. The fourth-order valence-electron chi connectivity index (χ4n) is 2.53. The fourth-order valence-corrected chi connectivity index (χ4v) is 2.53. The zero-order valence-electron chi connectivity index (χ0n) is 12.6. The molecule has 0 aromatic carbocycles. The maximum absolute atomic E-state index is 12.6. The van der Waals surface area contributed by atoms with Gasteiger partial charge < -0.3 is 9.80 Å². The SMILES string of the molecule is Cc1nccc(N2CCN(c3ccc(C(F)(F)F)cn3)CC2)n1. The average molecular weight is 323 g/mol. The van der Waals surface area contributed by atoms with Crippen LogP contribution in [0.5, 0.6) is 0 Å². The summed E-state index contributed by atoms with van der Waals surface area (Å²) in [6.07, 6.45) is -1.74. The summed E-state index contributed by atoms with van der Waals surface area (Å²) >= 11 is 0. The third-order valence-corrected chi connectivity index (χ3v) is 3.76. The Morgan fingerprint density at radius 3 is 2.09 bits per heavy atom. The quantitative estimate of drug-likeness (QED) is 0.850. The van der Waals surface area contributed by atoms with Crippen LogP contribution >= 0.6 is 0 Å². The van der Waals surface area contributed by atoms with Gasteiger partial charge in [0.2, 0.25) is 0 Å². The van der Waals surface area contributed by atoms with Crippen molar-refractivity contribution in [1.82, 2.24) is 15.0 Å². The van der Waals surface area contributed by atoms with Gasteiger partial charge in [0.25, 0.3) is 0 Å². The summed E-state index contributed by atoms with van der Waals surface area (Å²) in [5, 5.41) is 0. The zero-order chi connectivity index (χ0) is 16.4. The van der Waals surface area contributed by atoms with Gasteiger partial charge in [-0.2, -0.15) is 13.2 Å². The smallest absolute Gasteiger partial charge is 0.353 e. The molecule has 0 aliphatic carbocycles. The third-order valence-electron chi connectivity index (χ3n) is 3.76. The van der Waals surface area contributed by atoms with Gasteiger partial charge in [-0.05, 0) is 25.1 Å². The lowest BCUT2D eigenvalue weighted by Crippen LogP contribution is -2.47. The standard InChI is InChI=1S/C15H16F3N5/c1-11-19-5-4-14(21-11)23-8-6-22(7-9-23)13-3-2-12(10-20-13)15(16,17)18/h2-5,10H,6-9H2,1H3. The zero-order valence-corrected chi connectivity index (χ0v) is 12.6. The molecular formula is C15H16F3N5. The lowest BCUT2D eigenvalue weighted by Gasteiger charge is -2.36. The van der Waals surface area contributed by atoms with Gasteiger partial charge in [-0.25, -0.2) is 15.0 Å². The van der Waals surface area contributed by atoms with E-state index in [4.69, 9.17) is 0 Å². The Kier molecular flexibility index (Phi) is 4.06. The molecule has 1 fully saturated rings. The topological polar surface area (TPSA) is 45.2 Å². The Labute approximate surface area is 131 Å². The summed E-state index contributed by atoms with van der Waals surface area (Å²) in [6.45, 7) is 4.67. The Bertz CT molecular complexity index is 664. The number of nitrogens with zero attached hydrogens (tertiary/aromatic N) is 5. The number of aryl methyl sites for hydroxylation is 1. The molecule has 0 spiro atoms. The van der Waals surface area contributed by atoms with Crippen LogP contribution in [-0.2, 0) is 6.18 Å². The predicted molar refractivity (Wildman–Crippen MR) is 80.4 cm³/mol. The van der Waals surface area contributed by atoms with Gasteiger partial charge in [0.15, 0.2) is 0 Å². The first-order valence-corrected chi connectivity index (χ1v) is 7.26. The molecule has 0 radical (unpaired) electrons. The number of hydrogen-bond donors (Lipinski definition) is 0. The Balaban J connectivity index is 1.65. The molecule has 0 N–H and O–H groups in total. The first kappa shape index (κ1) is 15.5. The minimum Gasteiger partial charge on any atom is -0.353 e. The van der Waals surface area contributed by atoms with E-state index >= 15 is 0 Å². The van der Waals surface area contributed by atoms with Crippen molar-refractivity contribution in [1.29, 1.82) is 0 Å². The monoisotopic (exact) mass is 323 g/mol. The molecular weight excluding hydrogens is 307 g/mol. The molecule has 122 valence electrons. The van der Waals surface area contributed by atoms with Gasteiger partial charge in [-0.3, -0.25) is 0 Å². The van der Waals surface area contributed by atoms with Gasteiger partial charge in [-0.15, -0.1) is 0 Å². The first-order valence-electron chi connectivity index (χ1n) is 7.26. The summed E-state index contributed by atoms with van der Waals surface area (Å²) in [6, 6.07) is 4.36. The summed E-state index contributed by atoms with van der Waals surface area (Å²) in [5.74, 6) is 2.16. The molecule has 0 amide bonds. The number of aromatic nitrogens is 3. The van der Waals surface area contributed by atoms with Gasteiger partial charge in [0.05, 0.1) is 5.56 Å². The number of halogens is 3. The molecule has 0 atom stereocenters. The molecule has 1 aliphatic rings. The van der Waals surface area contributed by atoms with E-state index in [1.54, 1.807) is 6.20 Å². The molecule has 23 heavy (non-hydrogen) atoms. The molecule has 3 rings (SSSR count). The summed E-state index contributed by atoms with van der Waals surface area (Å²) < 4.78 is 37.7. The third kappa shape index (κ3) is 3.52. The van der Waals surface area contributed by atoms with Gasteiger partial charge in [0.1, 0.15) is 17.5 Å². The molecule has 2 aromatic rings. The van der Waals surface area contributed by atoms with Crippen LogP contribution < -0.4 is 9.80 Å². The largest absolute Gasteiger partial charge is 0.417 e. The second-order valence-corrected chi connectivity index (χ2v) is 5.34. The molecule has 0 bridgehead atoms. The van der Waals surface area contributed by atoms with E-state index in [2.05, 4.69) is 19.9 Å². The van der Waals surface area contributed by atoms with Crippen LogP contribution in [0, 0.1) is 6.92 Å². The lowest BCUT2D eigenvalue weighted by molar-refractivity contribution is -0.137. The van der Waals surface area contributed by atoms with Crippen molar-refractivity contribution in [3.63, 3.8) is 0 Å². The Morgan fingerprint density at radius 2 is 1.57 bits per heavy atom. The van der Waals surface area contributed by atoms with E-state index in [0.717, 1.165) is 31.2 Å². The highest BCUT2D eigenvalue weighted by Crippen LogP contribution is 2.29. The number of alkyl halides is 3. The van der Waals surface area contributed by atoms with Crippen LogP contribution in [0.2, 0.25) is 0 Å². The minimum absolute atomic E-state index is 0.566. The van der Waals surface area contributed by atoms with Crippen molar-refractivity contribution in [2.45, 2.75) is 13.1 Å². The van der Waals surface area contributed by atoms with Crippen molar-refractivity contribution in [2.75, 3.05) is 36.0 Å². The van der Waals surface area contributed by atoms with Crippen LogP contribution in [0.4, 0.5) is 24.8 Å². The van der Waals surface area contributed by atoms with Crippen LogP contribution in [-0.4, -0.2) is 41.1 Å². The number of pyridine rings is 1. The number of rotatable bonds is 2. The maximum Gasteiger partial charge on any atom is 0.417 e. The Hall–Kier alpha value is -2.38. The van der Waals surface area contributed by atoms with Crippen molar-refractivity contribution in [2.24, 2.45) is 0 Å². The molecule has 1 saturated heterocycles. The van der Waals surface area contributed by atoms with Crippen LogP contribution in [0.3, 0.4) is 0 Å². The lowest BCUT2D eigenvalue weighted by atomic mass is 10.2. The highest BCUT2D eigenvalue weighted by Gasteiger charge is 2.31. The van der Waals surface area contributed by atoms with Crippen LogP contribution in [0.1, 0.15) is 11.4 Å². The van der Waals surface area contributed by atoms with E-state index in [1.165, 1.54) is 6.07 Å². The van der Waals surface area contributed by atoms with E-state index in [1.807, 2.05) is 17.9 Å². The van der Waals surface area contributed by atoms with Gasteiger partial charge >= 0.3 is 6.18 Å². The first-order chi connectivity index (χ1) is 10.9. The van der Waals surface area contributed by atoms with Gasteiger partial charge in [0, 0.05) is 38.6 Å². The normalized spacial score (nSPS) is 15.8. The summed E-state index contributed by atoms with van der Waals surface area (Å²) in [4.78, 5) is 16.5. The second-order valence-electron chi connectivity index (χ2n) is 5.34. The predicted octanol–water partition coefficient (Wildman–Crippen LogP) is 2.53. The Morgan fingerprint density at radius 1 is 0.913 bits per heavy atom. The summed E-state index contributed by atoms with van der Waals surface area (Å²) in [7, 11) is 0. The summed E-state index contributed by atoms with van der Waals surface area (Å²) in [5.41, 5.74) is -0.726. The van der Waals surface area contributed by atoms with E-state index in [9.17, 15) is 13.2 Å². The molecule has 8 heteroatoms. The molecule has 0 saturated carbocycles. The molecule has 0 unspecified atom stereocenters.